The predicted molar refractivity (Wildman–Crippen MR) is 109 cm³/mol. The molecule has 9 heteroatoms. The molecule has 0 amide bonds. The lowest BCUT2D eigenvalue weighted by Gasteiger charge is -2.43. The molecule has 1 saturated heterocycles. The molecule has 2 aromatic heterocycles. The standard InChI is InChI=1S/C18H26Cl2N4O2Si/c1-17(2,3)27(4,5)25-8-12-11-6-7-18(11,20)16(26-12)24-10-23-15-13(24)14(19)21-9-22-15/h9-12,16H,6-8H2,1-5H3/t11-,12-,16-,18+/m1/s1. The Bertz CT molecular complexity index is 869. The quantitative estimate of drug-likeness (QED) is 0.397. The van der Waals surface area contributed by atoms with E-state index in [0.717, 1.165) is 12.8 Å². The summed E-state index contributed by atoms with van der Waals surface area (Å²) in [6.07, 6.45) is 4.67. The van der Waals surface area contributed by atoms with E-state index >= 15 is 0 Å². The Kier molecular flexibility index (Phi) is 4.63. The summed E-state index contributed by atoms with van der Waals surface area (Å²) in [7, 11) is -1.85. The maximum Gasteiger partial charge on any atom is 0.192 e. The Labute approximate surface area is 170 Å². The topological polar surface area (TPSA) is 62.1 Å². The number of hydrogen-bond donors (Lipinski definition) is 0. The van der Waals surface area contributed by atoms with Gasteiger partial charge < -0.3 is 9.16 Å². The highest BCUT2D eigenvalue weighted by Gasteiger charge is 2.62. The highest BCUT2D eigenvalue weighted by molar-refractivity contribution is 6.74. The van der Waals surface area contributed by atoms with E-state index in [2.05, 4.69) is 48.8 Å². The molecule has 1 saturated carbocycles. The van der Waals surface area contributed by atoms with Crippen molar-refractivity contribution in [2.24, 2.45) is 5.92 Å². The monoisotopic (exact) mass is 428 g/mol. The molecule has 0 aromatic carbocycles. The van der Waals surface area contributed by atoms with E-state index in [1.165, 1.54) is 6.33 Å². The van der Waals surface area contributed by atoms with Crippen molar-refractivity contribution in [3.05, 3.63) is 17.8 Å². The van der Waals surface area contributed by atoms with Crippen LogP contribution in [0.5, 0.6) is 0 Å². The van der Waals surface area contributed by atoms with Crippen LogP contribution in [0.25, 0.3) is 11.2 Å². The summed E-state index contributed by atoms with van der Waals surface area (Å²) in [4.78, 5) is 12.2. The summed E-state index contributed by atoms with van der Waals surface area (Å²) in [5.74, 6) is 0.259. The third-order valence-electron chi connectivity index (χ3n) is 6.61. The van der Waals surface area contributed by atoms with Crippen LogP contribution in [-0.4, -0.2) is 45.4 Å². The minimum absolute atomic E-state index is 0.0313. The Balaban J connectivity index is 1.59. The molecule has 2 fully saturated rings. The number of aromatic nitrogens is 4. The molecule has 3 heterocycles. The lowest BCUT2D eigenvalue weighted by molar-refractivity contribution is -0.0255. The van der Waals surface area contributed by atoms with Gasteiger partial charge in [-0.15, -0.1) is 11.6 Å². The number of fused-ring (bicyclic) bond motifs is 2. The number of hydrogen-bond acceptors (Lipinski definition) is 5. The van der Waals surface area contributed by atoms with Crippen molar-refractivity contribution in [3.63, 3.8) is 0 Å². The smallest absolute Gasteiger partial charge is 0.192 e. The fourth-order valence-corrected chi connectivity index (χ4v) is 5.49. The highest BCUT2D eigenvalue weighted by atomic mass is 35.5. The van der Waals surface area contributed by atoms with Crippen molar-refractivity contribution >= 4 is 42.7 Å². The summed E-state index contributed by atoms with van der Waals surface area (Å²) >= 11 is 13.4. The van der Waals surface area contributed by atoms with Crippen LogP contribution in [0.1, 0.15) is 39.8 Å². The largest absolute Gasteiger partial charge is 0.414 e. The van der Waals surface area contributed by atoms with Gasteiger partial charge in [-0.05, 0) is 31.0 Å². The van der Waals surface area contributed by atoms with Crippen LogP contribution in [0.15, 0.2) is 12.7 Å². The van der Waals surface area contributed by atoms with Crippen molar-refractivity contribution < 1.29 is 9.16 Å². The second kappa shape index (κ2) is 6.39. The molecule has 2 aliphatic rings. The minimum Gasteiger partial charge on any atom is -0.414 e. The maximum absolute atomic E-state index is 7.05. The van der Waals surface area contributed by atoms with Gasteiger partial charge in [0.2, 0.25) is 0 Å². The molecule has 27 heavy (non-hydrogen) atoms. The van der Waals surface area contributed by atoms with Gasteiger partial charge in [-0.25, -0.2) is 15.0 Å². The van der Waals surface area contributed by atoms with Crippen molar-refractivity contribution in [2.75, 3.05) is 6.61 Å². The van der Waals surface area contributed by atoms with Crippen LogP contribution in [-0.2, 0) is 9.16 Å². The van der Waals surface area contributed by atoms with Crippen molar-refractivity contribution in [2.45, 2.75) is 69.0 Å². The van der Waals surface area contributed by atoms with Gasteiger partial charge in [0.05, 0.1) is 23.9 Å². The van der Waals surface area contributed by atoms with Crippen LogP contribution < -0.4 is 0 Å². The summed E-state index contributed by atoms with van der Waals surface area (Å²) in [5.41, 5.74) is 1.22. The molecule has 2 aromatic rings. The molecule has 6 nitrogen and oxygen atoms in total. The molecule has 4 atom stereocenters. The summed E-state index contributed by atoms with van der Waals surface area (Å²) < 4.78 is 14.8. The van der Waals surface area contributed by atoms with Crippen molar-refractivity contribution in [3.8, 4) is 0 Å². The lowest BCUT2D eigenvalue weighted by Crippen LogP contribution is -2.48. The molecule has 0 N–H and O–H groups in total. The van der Waals surface area contributed by atoms with E-state index < -0.39 is 13.2 Å². The molecule has 4 rings (SSSR count). The van der Waals surface area contributed by atoms with Crippen molar-refractivity contribution in [1.29, 1.82) is 0 Å². The molecule has 1 aliphatic heterocycles. The normalized spacial score (nSPS) is 31.1. The number of imidazole rings is 1. The minimum atomic E-state index is -1.85. The summed E-state index contributed by atoms with van der Waals surface area (Å²) in [5, 5.41) is 0.520. The molecule has 148 valence electrons. The maximum atomic E-state index is 7.05. The van der Waals surface area contributed by atoms with Gasteiger partial charge in [0, 0.05) is 5.92 Å². The second-order valence-electron chi connectivity index (χ2n) is 9.16. The van der Waals surface area contributed by atoms with Gasteiger partial charge in [0.25, 0.3) is 0 Å². The third-order valence-corrected chi connectivity index (χ3v) is 12.0. The molecule has 0 radical (unpaired) electrons. The van der Waals surface area contributed by atoms with Crippen LogP contribution in [0.3, 0.4) is 0 Å². The SMILES string of the molecule is CC(C)(C)[Si](C)(C)OC[C@H]1O[C@@H](n2cnc3ncnc(Cl)c32)[C@]2(Cl)CC[C@H]12. The van der Waals surface area contributed by atoms with E-state index in [1.54, 1.807) is 6.33 Å². The van der Waals surface area contributed by atoms with Gasteiger partial charge in [-0.2, -0.15) is 0 Å². The number of halogens is 2. The van der Waals surface area contributed by atoms with Gasteiger partial charge >= 0.3 is 0 Å². The zero-order valence-electron chi connectivity index (χ0n) is 16.4. The van der Waals surface area contributed by atoms with Crippen LogP contribution in [0, 0.1) is 5.92 Å². The molecule has 0 spiro atoms. The predicted octanol–water partition coefficient (Wildman–Crippen LogP) is 4.79. The van der Waals surface area contributed by atoms with Gasteiger partial charge in [-0.3, -0.25) is 4.57 Å². The molecular weight excluding hydrogens is 403 g/mol. The first-order chi connectivity index (χ1) is 12.5. The molecule has 1 aliphatic carbocycles. The average Bonchev–Trinajstić information content (AvgIpc) is 3.06. The number of nitrogens with zero attached hydrogens (tertiary/aromatic N) is 4. The first-order valence-electron chi connectivity index (χ1n) is 9.36. The Morgan fingerprint density at radius 2 is 2.07 bits per heavy atom. The Morgan fingerprint density at radius 1 is 1.33 bits per heavy atom. The fraction of sp³-hybridized carbons (Fsp3) is 0.722. The highest BCUT2D eigenvalue weighted by Crippen LogP contribution is 2.60. The number of ether oxygens (including phenoxy) is 1. The first-order valence-corrected chi connectivity index (χ1v) is 13.0. The first kappa shape index (κ1) is 19.6. The zero-order valence-corrected chi connectivity index (χ0v) is 18.9. The summed E-state index contributed by atoms with van der Waals surface area (Å²) in [6, 6.07) is 0. The van der Waals surface area contributed by atoms with Crippen molar-refractivity contribution in [1.82, 2.24) is 19.5 Å². The van der Waals surface area contributed by atoms with Crippen LogP contribution in [0.2, 0.25) is 23.3 Å². The van der Waals surface area contributed by atoms with E-state index in [1.807, 2.05) is 4.57 Å². The lowest BCUT2D eigenvalue weighted by atomic mass is 9.71. The second-order valence-corrected chi connectivity index (χ2v) is 15.0. The van der Waals surface area contributed by atoms with E-state index in [-0.39, 0.29) is 23.3 Å². The molecule has 0 unspecified atom stereocenters. The van der Waals surface area contributed by atoms with Gasteiger partial charge in [-0.1, -0.05) is 32.4 Å². The van der Waals surface area contributed by atoms with E-state index in [9.17, 15) is 0 Å². The molecular formula is C18H26Cl2N4O2Si. The Hall–Kier alpha value is -0.733. The van der Waals surface area contributed by atoms with Gasteiger partial charge in [0.15, 0.2) is 25.3 Å². The molecule has 0 bridgehead atoms. The fourth-order valence-electron chi connectivity index (χ4n) is 3.74. The number of rotatable bonds is 4. The van der Waals surface area contributed by atoms with Crippen LogP contribution >= 0.6 is 23.2 Å². The average molecular weight is 429 g/mol. The van der Waals surface area contributed by atoms with Gasteiger partial charge in [0.1, 0.15) is 11.8 Å². The third kappa shape index (κ3) is 3.02. The van der Waals surface area contributed by atoms with Crippen LogP contribution in [0.4, 0.5) is 0 Å². The Morgan fingerprint density at radius 3 is 2.70 bits per heavy atom. The number of alkyl halides is 1. The van der Waals surface area contributed by atoms with E-state index in [4.69, 9.17) is 32.4 Å². The zero-order chi connectivity index (χ0) is 19.6. The summed E-state index contributed by atoms with van der Waals surface area (Å²) in [6.45, 7) is 11.8. The van der Waals surface area contributed by atoms with E-state index in [0.29, 0.717) is 22.9 Å².